The number of hydrogen-bond donors (Lipinski definition) is 0. The lowest BCUT2D eigenvalue weighted by Gasteiger charge is -2.35. The molecule has 2 aromatic heterocycles. The van der Waals surface area contributed by atoms with Crippen LogP contribution in [0.15, 0.2) is 53.5 Å². The first-order valence-corrected chi connectivity index (χ1v) is 9.60. The summed E-state index contributed by atoms with van der Waals surface area (Å²) in [5.41, 5.74) is 0.844. The molecule has 8 heteroatoms. The molecular formula is C21H22FN5O2. The van der Waals surface area contributed by atoms with Crippen molar-refractivity contribution in [3.05, 3.63) is 82.0 Å². The molecule has 0 aliphatic carbocycles. The molecule has 1 amide bonds. The van der Waals surface area contributed by atoms with E-state index < -0.39 is 11.9 Å². The fourth-order valence-electron chi connectivity index (χ4n) is 3.64. The Kier molecular flexibility index (Phi) is 5.00. The topological polar surface area (TPSA) is 73.0 Å². The Hall–Kier alpha value is -3.29. The zero-order valence-electron chi connectivity index (χ0n) is 16.3. The molecule has 3 heterocycles. The summed E-state index contributed by atoms with van der Waals surface area (Å²) < 4.78 is 16.4. The summed E-state index contributed by atoms with van der Waals surface area (Å²) in [6, 6.07) is 11.5. The van der Waals surface area contributed by atoms with Crippen LogP contribution in [0.3, 0.4) is 0 Å². The summed E-state index contributed by atoms with van der Waals surface area (Å²) >= 11 is 0. The van der Waals surface area contributed by atoms with Gasteiger partial charge in [-0.15, -0.1) is 0 Å². The average Bonchev–Trinajstić information content (AvgIpc) is 3.03. The van der Waals surface area contributed by atoms with Gasteiger partial charge >= 0.3 is 5.69 Å². The van der Waals surface area contributed by atoms with Crippen LogP contribution in [-0.2, 0) is 13.1 Å². The molecule has 150 valence electrons. The van der Waals surface area contributed by atoms with Gasteiger partial charge in [0.15, 0.2) is 5.82 Å². The minimum absolute atomic E-state index is 0.157. The van der Waals surface area contributed by atoms with Crippen LogP contribution in [0, 0.1) is 11.7 Å². The van der Waals surface area contributed by atoms with Crippen LogP contribution in [-0.4, -0.2) is 36.7 Å². The van der Waals surface area contributed by atoms with E-state index >= 15 is 0 Å². The minimum atomic E-state index is -0.523. The molecule has 3 aromatic rings. The van der Waals surface area contributed by atoms with E-state index in [0.717, 1.165) is 11.8 Å². The Labute approximate surface area is 167 Å². The van der Waals surface area contributed by atoms with Crippen LogP contribution in [0.1, 0.15) is 41.8 Å². The molecule has 0 radical (unpaired) electrons. The van der Waals surface area contributed by atoms with E-state index in [1.807, 2.05) is 44.2 Å². The second-order valence-electron chi connectivity index (χ2n) is 7.54. The van der Waals surface area contributed by atoms with Crippen molar-refractivity contribution < 1.29 is 9.18 Å². The standard InChI is InChI=1S/C21H22FN5O2/c1-14(2)13-27-21(29)26-11-10-25(20(28)17-9-8-16(22)12-23-17)18(19(26)24-27)15-6-4-3-5-7-15/h3-9,12,14,18H,10-11,13H2,1-2H3. The van der Waals surface area contributed by atoms with Gasteiger partial charge in [-0.25, -0.2) is 18.9 Å². The number of pyridine rings is 1. The Morgan fingerprint density at radius 1 is 1.17 bits per heavy atom. The third-order valence-corrected chi connectivity index (χ3v) is 4.93. The lowest BCUT2D eigenvalue weighted by molar-refractivity contribution is 0.0651. The molecule has 7 nitrogen and oxygen atoms in total. The van der Waals surface area contributed by atoms with E-state index in [1.165, 1.54) is 16.8 Å². The number of rotatable bonds is 4. The van der Waals surface area contributed by atoms with Crippen molar-refractivity contribution >= 4 is 5.91 Å². The molecule has 1 unspecified atom stereocenters. The first-order valence-electron chi connectivity index (χ1n) is 9.60. The number of fused-ring (bicyclic) bond motifs is 1. The first-order chi connectivity index (χ1) is 14.0. The molecule has 1 aliphatic heterocycles. The Morgan fingerprint density at radius 3 is 2.59 bits per heavy atom. The van der Waals surface area contributed by atoms with Crippen LogP contribution >= 0.6 is 0 Å². The molecular weight excluding hydrogens is 373 g/mol. The number of carbonyl (C=O) groups is 1. The highest BCUT2D eigenvalue weighted by atomic mass is 19.1. The predicted octanol–water partition coefficient (Wildman–Crippen LogP) is 2.48. The van der Waals surface area contributed by atoms with E-state index in [4.69, 9.17) is 0 Å². The maximum atomic E-state index is 13.2. The summed E-state index contributed by atoms with van der Waals surface area (Å²) in [6.07, 6.45) is 1.03. The van der Waals surface area contributed by atoms with Gasteiger partial charge in [0.05, 0.1) is 6.20 Å². The van der Waals surface area contributed by atoms with Gasteiger partial charge in [-0.1, -0.05) is 44.2 Å². The van der Waals surface area contributed by atoms with Gasteiger partial charge in [-0.3, -0.25) is 9.36 Å². The lowest BCUT2D eigenvalue weighted by Crippen LogP contribution is -2.45. The van der Waals surface area contributed by atoms with Crippen molar-refractivity contribution in [2.45, 2.75) is 33.0 Å². The zero-order chi connectivity index (χ0) is 20.5. The monoisotopic (exact) mass is 395 g/mol. The smallest absolute Gasteiger partial charge is 0.321 e. The quantitative estimate of drug-likeness (QED) is 0.680. The van der Waals surface area contributed by atoms with Crippen LogP contribution in [0.25, 0.3) is 0 Å². The number of aromatic nitrogens is 4. The van der Waals surface area contributed by atoms with Crippen molar-refractivity contribution in [2.75, 3.05) is 6.54 Å². The molecule has 4 rings (SSSR count). The van der Waals surface area contributed by atoms with Crippen molar-refractivity contribution in [1.82, 2.24) is 24.2 Å². The molecule has 0 N–H and O–H groups in total. The van der Waals surface area contributed by atoms with E-state index in [0.29, 0.717) is 25.5 Å². The SMILES string of the molecule is CC(C)Cn1nc2n(c1=O)CCN(C(=O)c1ccc(F)cn1)C2c1ccccc1. The minimum Gasteiger partial charge on any atom is -0.321 e. The Balaban J connectivity index is 1.80. The van der Waals surface area contributed by atoms with Gasteiger partial charge in [0.25, 0.3) is 5.91 Å². The Bertz CT molecular complexity index is 1070. The molecule has 0 saturated heterocycles. The summed E-state index contributed by atoms with van der Waals surface area (Å²) in [7, 11) is 0. The number of carbonyl (C=O) groups excluding carboxylic acids is 1. The third kappa shape index (κ3) is 3.57. The van der Waals surface area contributed by atoms with Crippen molar-refractivity contribution in [1.29, 1.82) is 0 Å². The van der Waals surface area contributed by atoms with Gasteiger partial charge in [0.1, 0.15) is 17.6 Å². The zero-order valence-corrected chi connectivity index (χ0v) is 16.3. The highest BCUT2D eigenvalue weighted by Crippen LogP contribution is 2.31. The van der Waals surface area contributed by atoms with Gasteiger partial charge in [-0.05, 0) is 23.6 Å². The van der Waals surface area contributed by atoms with Crippen LogP contribution in [0.5, 0.6) is 0 Å². The van der Waals surface area contributed by atoms with Gasteiger partial charge in [0, 0.05) is 19.6 Å². The molecule has 1 aromatic carbocycles. The first kappa shape index (κ1) is 19.0. The lowest BCUT2D eigenvalue weighted by atomic mass is 10.0. The maximum Gasteiger partial charge on any atom is 0.346 e. The van der Waals surface area contributed by atoms with Crippen molar-refractivity contribution in [3.63, 3.8) is 0 Å². The number of benzene rings is 1. The van der Waals surface area contributed by atoms with Crippen molar-refractivity contribution in [3.8, 4) is 0 Å². The highest BCUT2D eigenvalue weighted by molar-refractivity contribution is 5.92. The second kappa shape index (κ2) is 7.62. The predicted molar refractivity (Wildman–Crippen MR) is 105 cm³/mol. The van der Waals surface area contributed by atoms with Gasteiger partial charge in [-0.2, -0.15) is 5.10 Å². The average molecular weight is 395 g/mol. The summed E-state index contributed by atoms with van der Waals surface area (Å²) in [5.74, 6) is -0.0263. The van der Waals surface area contributed by atoms with Crippen LogP contribution in [0.4, 0.5) is 4.39 Å². The Morgan fingerprint density at radius 2 is 1.93 bits per heavy atom. The van der Waals surface area contributed by atoms with E-state index in [-0.39, 0.29) is 23.2 Å². The molecule has 1 aliphatic rings. The summed E-state index contributed by atoms with van der Waals surface area (Å²) in [5, 5.41) is 4.58. The fraction of sp³-hybridized carbons (Fsp3) is 0.333. The second-order valence-corrected chi connectivity index (χ2v) is 7.54. The molecule has 0 bridgehead atoms. The maximum absolute atomic E-state index is 13.2. The van der Waals surface area contributed by atoms with Gasteiger partial charge in [0.2, 0.25) is 0 Å². The molecule has 29 heavy (non-hydrogen) atoms. The number of hydrogen-bond acceptors (Lipinski definition) is 4. The summed E-state index contributed by atoms with van der Waals surface area (Å²) in [6.45, 7) is 5.24. The molecule has 1 atom stereocenters. The van der Waals surface area contributed by atoms with Crippen LogP contribution in [0.2, 0.25) is 0 Å². The van der Waals surface area contributed by atoms with E-state index in [2.05, 4.69) is 10.1 Å². The number of amides is 1. The molecule has 0 saturated carbocycles. The fourth-order valence-corrected chi connectivity index (χ4v) is 3.64. The highest BCUT2D eigenvalue weighted by Gasteiger charge is 2.36. The normalized spacial score (nSPS) is 16.1. The largest absolute Gasteiger partial charge is 0.346 e. The number of nitrogens with zero attached hydrogens (tertiary/aromatic N) is 5. The van der Waals surface area contributed by atoms with E-state index in [9.17, 15) is 14.0 Å². The molecule has 0 fully saturated rings. The van der Waals surface area contributed by atoms with E-state index in [1.54, 1.807) is 9.47 Å². The molecule has 0 spiro atoms. The number of halogens is 1. The van der Waals surface area contributed by atoms with Crippen molar-refractivity contribution in [2.24, 2.45) is 5.92 Å². The summed E-state index contributed by atoms with van der Waals surface area (Å²) in [4.78, 5) is 31.6. The van der Waals surface area contributed by atoms with Crippen LogP contribution < -0.4 is 5.69 Å². The third-order valence-electron chi connectivity index (χ3n) is 4.93. The van der Waals surface area contributed by atoms with Gasteiger partial charge < -0.3 is 4.90 Å².